The zero-order valence-electron chi connectivity index (χ0n) is 9.59. The Morgan fingerprint density at radius 2 is 2.28 bits per heavy atom. The molecule has 2 rings (SSSR count). The van der Waals surface area contributed by atoms with Crippen molar-refractivity contribution in [3.05, 3.63) is 36.1 Å². The summed E-state index contributed by atoms with van der Waals surface area (Å²) in [4.78, 5) is 7.07. The van der Waals surface area contributed by atoms with Crippen LogP contribution in [0.15, 0.2) is 34.0 Å². The lowest BCUT2D eigenvalue weighted by molar-refractivity contribution is 0.403. The Balaban J connectivity index is 1.79. The smallest absolute Gasteiger partial charge is 0.271 e. The molecule has 0 saturated carbocycles. The number of nitrogens with two attached hydrogens (primary N) is 1. The topological polar surface area (TPSA) is 114 Å². The van der Waals surface area contributed by atoms with Crippen molar-refractivity contribution in [2.75, 3.05) is 6.54 Å². The summed E-state index contributed by atoms with van der Waals surface area (Å²) in [5.41, 5.74) is 0. The van der Waals surface area contributed by atoms with Gasteiger partial charge in [-0.2, -0.15) is 0 Å². The number of nitrogens with one attached hydrogen (secondary N) is 2. The second kappa shape index (κ2) is 5.34. The van der Waals surface area contributed by atoms with Crippen molar-refractivity contribution < 1.29 is 12.8 Å². The van der Waals surface area contributed by atoms with Gasteiger partial charge in [-0.05, 0) is 12.1 Å². The van der Waals surface area contributed by atoms with Gasteiger partial charge in [0.1, 0.15) is 11.6 Å². The van der Waals surface area contributed by atoms with E-state index in [0.29, 0.717) is 18.8 Å². The zero-order valence-corrected chi connectivity index (χ0v) is 10.4. The first-order valence-electron chi connectivity index (χ1n) is 5.36. The van der Waals surface area contributed by atoms with Crippen LogP contribution < -0.4 is 10.5 Å². The fourth-order valence-electron chi connectivity index (χ4n) is 1.46. The molecule has 0 amide bonds. The Kier molecular flexibility index (Phi) is 3.80. The second-order valence-corrected chi connectivity index (χ2v) is 5.22. The number of H-pyrrole nitrogens is 1. The van der Waals surface area contributed by atoms with Gasteiger partial charge < -0.3 is 14.7 Å². The lowest BCUT2D eigenvalue weighted by Crippen LogP contribution is -2.17. The van der Waals surface area contributed by atoms with Crippen LogP contribution in [0.1, 0.15) is 11.6 Å². The first kappa shape index (κ1) is 12.8. The van der Waals surface area contributed by atoms with Crippen LogP contribution in [-0.4, -0.2) is 24.9 Å². The molecule has 0 fully saturated rings. The number of hydrogen-bond donors (Lipinski definition) is 3. The van der Waals surface area contributed by atoms with Crippen LogP contribution >= 0.6 is 0 Å². The van der Waals surface area contributed by atoms with E-state index in [2.05, 4.69) is 15.3 Å². The Morgan fingerprint density at radius 1 is 1.44 bits per heavy atom. The van der Waals surface area contributed by atoms with Crippen molar-refractivity contribution in [3.63, 3.8) is 0 Å². The van der Waals surface area contributed by atoms with Gasteiger partial charge in [-0.1, -0.05) is 0 Å². The van der Waals surface area contributed by atoms with Crippen LogP contribution in [0.5, 0.6) is 0 Å². The summed E-state index contributed by atoms with van der Waals surface area (Å²) in [5.74, 6) is 1.42. The van der Waals surface area contributed by atoms with Crippen LogP contribution in [0.2, 0.25) is 0 Å². The first-order chi connectivity index (χ1) is 8.55. The van der Waals surface area contributed by atoms with Crippen LogP contribution in [0, 0.1) is 0 Å². The SMILES string of the molecule is NS(=O)(=O)c1ccc(CNCCc2ncc[nH]2)o1. The van der Waals surface area contributed by atoms with E-state index < -0.39 is 10.0 Å². The first-order valence-corrected chi connectivity index (χ1v) is 6.91. The van der Waals surface area contributed by atoms with Gasteiger partial charge in [0.25, 0.3) is 10.0 Å². The van der Waals surface area contributed by atoms with Crippen LogP contribution in [0.4, 0.5) is 0 Å². The van der Waals surface area contributed by atoms with Crippen molar-refractivity contribution in [1.82, 2.24) is 15.3 Å². The minimum Gasteiger partial charge on any atom is -0.447 e. The molecule has 8 heteroatoms. The van der Waals surface area contributed by atoms with Gasteiger partial charge in [-0.25, -0.2) is 18.5 Å². The minimum atomic E-state index is -3.76. The normalized spacial score (nSPS) is 11.8. The molecule has 4 N–H and O–H groups in total. The fraction of sp³-hybridized carbons (Fsp3) is 0.300. The molecule has 2 heterocycles. The third kappa shape index (κ3) is 3.42. The number of primary sulfonamides is 1. The Hall–Kier alpha value is -1.64. The maximum Gasteiger partial charge on any atom is 0.271 e. The van der Waals surface area contributed by atoms with E-state index >= 15 is 0 Å². The molecule has 98 valence electrons. The molecule has 2 aromatic rings. The largest absolute Gasteiger partial charge is 0.447 e. The molecule has 7 nitrogen and oxygen atoms in total. The lowest BCUT2D eigenvalue weighted by atomic mass is 10.4. The van der Waals surface area contributed by atoms with Gasteiger partial charge in [0.2, 0.25) is 5.09 Å². The highest BCUT2D eigenvalue weighted by Gasteiger charge is 2.12. The van der Waals surface area contributed by atoms with Gasteiger partial charge >= 0.3 is 0 Å². The average molecular weight is 270 g/mol. The summed E-state index contributed by atoms with van der Waals surface area (Å²) in [7, 11) is -3.76. The Bertz CT molecular complexity index is 588. The fourth-order valence-corrected chi connectivity index (χ4v) is 1.94. The zero-order chi connectivity index (χ0) is 13.0. The predicted molar refractivity (Wildman–Crippen MR) is 64.1 cm³/mol. The van der Waals surface area contributed by atoms with Crippen LogP contribution in [-0.2, 0) is 23.0 Å². The van der Waals surface area contributed by atoms with Crippen LogP contribution in [0.25, 0.3) is 0 Å². The van der Waals surface area contributed by atoms with Gasteiger partial charge in [-0.15, -0.1) is 0 Å². The molecule has 0 spiro atoms. The van der Waals surface area contributed by atoms with Gasteiger partial charge in [-0.3, -0.25) is 0 Å². The minimum absolute atomic E-state index is 0.217. The number of sulfonamides is 1. The Morgan fingerprint density at radius 3 is 2.89 bits per heavy atom. The highest BCUT2D eigenvalue weighted by atomic mass is 32.2. The molecule has 2 aromatic heterocycles. The van der Waals surface area contributed by atoms with Crippen molar-refractivity contribution >= 4 is 10.0 Å². The molecule has 0 saturated heterocycles. The monoisotopic (exact) mass is 270 g/mol. The predicted octanol–water partition coefficient (Wildman–Crippen LogP) is -0.0176. The van der Waals surface area contributed by atoms with E-state index in [1.54, 1.807) is 18.5 Å². The average Bonchev–Trinajstić information content (AvgIpc) is 2.95. The van der Waals surface area contributed by atoms with E-state index in [0.717, 1.165) is 12.2 Å². The lowest BCUT2D eigenvalue weighted by Gasteiger charge is -2.00. The van der Waals surface area contributed by atoms with E-state index in [9.17, 15) is 8.42 Å². The van der Waals surface area contributed by atoms with Crippen molar-refractivity contribution in [2.24, 2.45) is 5.14 Å². The maximum absolute atomic E-state index is 11.0. The third-order valence-electron chi connectivity index (χ3n) is 2.31. The third-order valence-corrected chi connectivity index (χ3v) is 3.09. The summed E-state index contributed by atoms with van der Waals surface area (Å²) >= 11 is 0. The molecule has 18 heavy (non-hydrogen) atoms. The highest BCUT2D eigenvalue weighted by molar-refractivity contribution is 7.89. The molecule has 0 aliphatic heterocycles. The molecule has 0 aromatic carbocycles. The molecule has 0 aliphatic carbocycles. The molecular formula is C10H14N4O3S. The standard InChI is InChI=1S/C10H14N4O3S/c11-18(15,16)10-2-1-8(17-10)7-12-4-3-9-13-5-6-14-9/h1-2,5-6,12H,3-4,7H2,(H,13,14)(H2,11,15,16). The van der Waals surface area contributed by atoms with Crippen molar-refractivity contribution in [1.29, 1.82) is 0 Å². The van der Waals surface area contributed by atoms with E-state index in [1.165, 1.54) is 6.07 Å². The molecule has 0 aliphatic rings. The maximum atomic E-state index is 11.0. The summed E-state index contributed by atoms with van der Waals surface area (Å²) in [6, 6.07) is 2.93. The molecule has 0 bridgehead atoms. The Labute approximate surface area is 104 Å². The molecule has 0 radical (unpaired) electrons. The highest BCUT2D eigenvalue weighted by Crippen LogP contribution is 2.11. The van der Waals surface area contributed by atoms with E-state index in [-0.39, 0.29) is 5.09 Å². The van der Waals surface area contributed by atoms with Crippen LogP contribution in [0.3, 0.4) is 0 Å². The second-order valence-electron chi connectivity index (χ2n) is 3.73. The summed E-state index contributed by atoms with van der Waals surface area (Å²) < 4.78 is 27.1. The number of hydrogen-bond acceptors (Lipinski definition) is 5. The number of nitrogens with zero attached hydrogens (tertiary/aromatic N) is 1. The van der Waals surface area contributed by atoms with Gasteiger partial charge in [0.15, 0.2) is 0 Å². The number of rotatable bonds is 6. The number of furan rings is 1. The molecule has 0 unspecified atom stereocenters. The summed E-state index contributed by atoms with van der Waals surface area (Å²) in [6.45, 7) is 1.15. The molecular weight excluding hydrogens is 256 g/mol. The van der Waals surface area contributed by atoms with Gasteiger partial charge in [0.05, 0.1) is 6.54 Å². The van der Waals surface area contributed by atoms with Gasteiger partial charge in [0, 0.05) is 25.4 Å². The number of aromatic nitrogens is 2. The quantitative estimate of drug-likeness (QED) is 0.638. The molecule has 0 atom stereocenters. The van der Waals surface area contributed by atoms with E-state index in [1.807, 2.05) is 0 Å². The summed E-state index contributed by atoms with van der Waals surface area (Å²) in [5, 5.41) is 7.83. The van der Waals surface area contributed by atoms with E-state index in [4.69, 9.17) is 9.56 Å². The number of aromatic amines is 1. The number of imidazole rings is 1. The summed E-state index contributed by atoms with van der Waals surface area (Å²) in [6.07, 6.45) is 4.22. The van der Waals surface area contributed by atoms with Crippen molar-refractivity contribution in [2.45, 2.75) is 18.1 Å². The van der Waals surface area contributed by atoms with Crippen molar-refractivity contribution in [3.8, 4) is 0 Å².